The van der Waals surface area contributed by atoms with Crippen LogP contribution in [0.25, 0.3) is 0 Å². The predicted octanol–water partition coefficient (Wildman–Crippen LogP) is 2.20. The molecule has 0 aliphatic rings. The van der Waals surface area contributed by atoms with Crippen molar-refractivity contribution in [2.45, 2.75) is 26.2 Å². The third-order valence-corrected chi connectivity index (χ3v) is 4.30. The first-order valence-electron chi connectivity index (χ1n) is 6.78. The molecule has 1 N–H and O–H groups in total. The van der Waals surface area contributed by atoms with Crippen LogP contribution in [0.15, 0.2) is 24.3 Å². The highest BCUT2D eigenvalue weighted by molar-refractivity contribution is 7.90. The van der Waals surface area contributed by atoms with Gasteiger partial charge in [-0.25, -0.2) is 8.42 Å². The van der Waals surface area contributed by atoms with Gasteiger partial charge in [-0.3, -0.25) is 0 Å². The minimum atomic E-state index is -2.83. The van der Waals surface area contributed by atoms with E-state index in [2.05, 4.69) is 36.5 Å². The molecule has 0 aliphatic carbocycles. The van der Waals surface area contributed by atoms with E-state index in [4.69, 9.17) is 0 Å². The van der Waals surface area contributed by atoms with Crippen LogP contribution in [0.4, 0.5) is 0 Å². The Morgan fingerprint density at radius 2 is 1.84 bits per heavy atom. The summed E-state index contributed by atoms with van der Waals surface area (Å²) in [6.07, 6.45) is 4.00. The lowest BCUT2D eigenvalue weighted by atomic mass is 9.94. The zero-order valence-electron chi connectivity index (χ0n) is 12.1. The molecule has 1 aromatic carbocycles. The minimum absolute atomic E-state index is 0.293. The first-order chi connectivity index (χ1) is 8.90. The van der Waals surface area contributed by atoms with Crippen LogP contribution in [0.2, 0.25) is 0 Å². The summed E-state index contributed by atoms with van der Waals surface area (Å²) in [5.41, 5.74) is 2.59. The molecule has 0 spiro atoms. The lowest BCUT2D eigenvalue weighted by Crippen LogP contribution is -2.21. The van der Waals surface area contributed by atoms with Crippen molar-refractivity contribution in [3.05, 3.63) is 35.4 Å². The van der Waals surface area contributed by atoms with Crippen molar-refractivity contribution in [2.24, 2.45) is 5.92 Å². The SMILES string of the molecule is CNCC(CCCS(C)(=O)=O)Cc1ccc(C)cc1. The third kappa shape index (κ3) is 7.33. The van der Waals surface area contributed by atoms with Crippen molar-refractivity contribution in [3.63, 3.8) is 0 Å². The molecule has 19 heavy (non-hydrogen) atoms. The number of rotatable bonds is 8. The van der Waals surface area contributed by atoms with Crippen molar-refractivity contribution >= 4 is 9.84 Å². The molecular weight excluding hydrogens is 258 g/mol. The van der Waals surface area contributed by atoms with Gasteiger partial charge in [-0.15, -0.1) is 0 Å². The third-order valence-electron chi connectivity index (χ3n) is 3.27. The standard InChI is InChI=1S/C15H25NO2S/c1-13-6-8-14(9-7-13)11-15(12-16-2)5-4-10-19(3,17)18/h6-9,15-16H,4-5,10-12H2,1-3H3. The van der Waals surface area contributed by atoms with Gasteiger partial charge in [0, 0.05) is 12.0 Å². The fourth-order valence-corrected chi connectivity index (χ4v) is 2.95. The Morgan fingerprint density at radius 1 is 1.21 bits per heavy atom. The van der Waals surface area contributed by atoms with Crippen LogP contribution < -0.4 is 5.32 Å². The van der Waals surface area contributed by atoms with Crippen LogP contribution >= 0.6 is 0 Å². The number of hydrogen-bond donors (Lipinski definition) is 1. The Bertz CT molecular complexity index is 465. The smallest absolute Gasteiger partial charge is 0.147 e. The molecule has 1 unspecified atom stereocenters. The first-order valence-corrected chi connectivity index (χ1v) is 8.84. The highest BCUT2D eigenvalue weighted by Gasteiger charge is 2.11. The van der Waals surface area contributed by atoms with Crippen molar-refractivity contribution < 1.29 is 8.42 Å². The number of benzene rings is 1. The zero-order valence-corrected chi connectivity index (χ0v) is 13.0. The topological polar surface area (TPSA) is 46.2 Å². The van der Waals surface area contributed by atoms with Crippen LogP contribution in [0, 0.1) is 12.8 Å². The molecule has 1 aromatic rings. The molecule has 0 radical (unpaired) electrons. The summed E-state index contributed by atoms with van der Waals surface area (Å²) in [6.45, 7) is 3.01. The summed E-state index contributed by atoms with van der Waals surface area (Å²) >= 11 is 0. The van der Waals surface area contributed by atoms with Crippen molar-refractivity contribution in [3.8, 4) is 0 Å². The van der Waals surface area contributed by atoms with E-state index in [-0.39, 0.29) is 0 Å². The fraction of sp³-hybridized carbons (Fsp3) is 0.600. The number of aryl methyl sites for hydroxylation is 1. The highest BCUT2D eigenvalue weighted by atomic mass is 32.2. The van der Waals surface area contributed by atoms with Gasteiger partial charge >= 0.3 is 0 Å². The van der Waals surface area contributed by atoms with Crippen molar-refractivity contribution in [2.75, 3.05) is 25.6 Å². The van der Waals surface area contributed by atoms with Crippen LogP contribution in [-0.4, -0.2) is 34.0 Å². The number of nitrogens with one attached hydrogen (secondary N) is 1. The molecule has 0 saturated carbocycles. The van der Waals surface area contributed by atoms with E-state index in [1.54, 1.807) is 0 Å². The summed E-state index contributed by atoms with van der Waals surface area (Å²) in [5.74, 6) is 0.788. The van der Waals surface area contributed by atoms with Gasteiger partial charge in [-0.1, -0.05) is 29.8 Å². The molecule has 0 fully saturated rings. The van der Waals surface area contributed by atoms with Gasteiger partial charge in [0.1, 0.15) is 9.84 Å². The fourth-order valence-electron chi connectivity index (χ4n) is 2.26. The summed E-state index contributed by atoms with van der Waals surface area (Å²) in [4.78, 5) is 0. The Labute approximate surface area is 117 Å². The molecule has 108 valence electrons. The normalized spacial score (nSPS) is 13.4. The van der Waals surface area contributed by atoms with E-state index in [1.807, 2.05) is 7.05 Å². The summed E-state index contributed by atoms with van der Waals surface area (Å²) in [7, 11) is -0.890. The van der Waals surface area contributed by atoms with Gasteiger partial charge in [0.15, 0.2) is 0 Å². The summed E-state index contributed by atoms with van der Waals surface area (Å²) in [6, 6.07) is 8.58. The quantitative estimate of drug-likeness (QED) is 0.795. The van der Waals surface area contributed by atoms with Crippen LogP contribution in [0.3, 0.4) is 0 Å². The van der Waals surface area contributed by atoms with Crippen molar-refractivity contribution in [1.82, 2.24) is 5.32 Å². The minimum Gasteiger partial charge on any atom is -0.319 e. The van der Waals surface area contributed by atoms with E-state index < -0.39 is 9.84 Å². The lowest BCUT2D eigenvalue weighted by Gasteiger charge is -2.16. The molecule has 3 nitrogen and oxygen atoms in total. The average molecular weight is 283 g/mol. The maximum atomic E-state index is 11.2. The molecule has 1 atom stereocenters. The maximum absolute atomic E-state index is 11.2. The Kier molecular flexibility index (Phi) is 6.52. The number of sulfone groups is 1. The van der Waals surface area contributed by atoms with E-state index in [9.17, 15) is 8.42 Å². The van der Waals surface area contributed by atoms with Gasteiger partial charge in [0.2, 0.25) is 0 Å². The highest BCUT2D eigenvalue weighted by Crippen LogP contribution is 2.15. The van der Waals surface area contributed by atoms with E-state index >= 15 is 0 Å². The maximum Gasteiger partial charge on any atom is 0.147 e. The second kappa shape index (κ2) is 7.65. The monoisotopic (exact) mass is 283 g/mol. The van der Waals surface area contributed by atoms with Gasteiger partial charge in [-0.05, 0) is 51.3 Å². The van der Waals surface area contributed by atoms with Crippen LogP contribution in [0.1, 0.15) is 24.0 Å². The van der Waals surface area contributed by atoms with E-state index in [0.717, 1.165) is 25.8 Å². The molecule has 0 saturated heterocycles. The Morgan fingerprint density at radius 3 is 2.37 bits per heavy atom. The van der Waals surface area contributed by atoms with Crippen molar-refractivity contribution in [1.29, 1.82) is 0 Å². The van der Waals surface area contributed by atoms with Gasteiger partial charge in [-0.2, -0.15) is 0 Å². The second-order valence-corrected chi connectivity index (χ2v) is 7.65. The summed E-state index contributed by atoms with van der Waals surface area (Å²) in [5, 5.41) is 3.20. The van der Waals surface area contributed by atoms with Gasteiger partial charge < -0.3 is 5.32 Å². The molecule has 0 amide bonds. The molecule has 0 heterocycles. The number of hydrogen-bond acceptors (Lipinski definition) is 3. The van der Waals surface area contributed by atoms with Gasteiger partial charge in [0.25, 0.3) is 0 Å². The lowest BCUT2D eigenvalue weighted by molar-refractivity contribution is 0.455. The van der Waals surface area contributed by atoms with E-state index in [1.165, 1.54) is 17.4 Å². The Hall–Kier alpha value is -0.870. The summed E-state index contributed by atoms with van der Waals surface area (Å²) < 4.78 is 22.3. The average Bonchev–Trinajstić information content (AvgIpc) is 2.30. The molecule has 0 aliphatic heterocycles. The molecule has 4 heteroatoms. The predicted molar refractivity (Wildman–Crippen MR) is 81.2 cm³/mol. The Balaban J connectivity index is 2.50. The van der Waals surface area contributed by atoms with Crippen LogP contribution in [-0.2, 0) is 16.3 Å². The molecule has 0 bridgehead atoms. The second-order valence-electron chi connectivity index (χ2n) is 5.39. The van der Waals surface area contributed by atoms with Crippen LogP contribution in [0.5, 0.6) is 0 Å². The zero-order chi connectivity index (χ0) is 14.3. The molecular formula is C15H25NO2S. The molecule has 0 aromatic heterocycles. The molecule has 1 rings (SSSR count). The van der Waals surface area contributed by atoms with E-state index in [0.29, 0.717) is 11.7 Å². The largest absolute Gasteiger partial charge is 0.319 e. The van der Waals surface area contributed by atoms with Gasteiger partial charge in [0.05, 0.1) is 0 Å². The first kappa shape index (κ1) is 16.2.